The van der Waals surface area contributed by atoms with E-state index >= 15 is 0 Å². The Hall–Kier alpha value is -1.38. The number of halogens is 3. The van der Waals surface area contributed by atoms with Crippen molar-refractivity contribution < 1.29 is 18.3 Å². The standard InChI is InChI=1S/C12H14F3N3OS/c1-18-5-4-16-11(18)10(8-3-2-6-20-8)17-7-9(19)12(13,14)15/h2-6,9-10,17,19H,7H2,1H3. The number of imidazole rings is 1. The first-order chi connectivity index (χ1) is 9.39. The molecule has 2 aromatic rings. The van der Waals surface area contributed by atoms with Crippen LogP contribution in [0.5, 0.6) is 0 Å². The Morgan fingerprint density at radius 1 is 1.50 bits per heavy atom. The van der Waals surface area contributed by atoms with Crippen LogP contribution < -0.4 is 5.32 Å². The lowest BCUT2D eigenvalue weighted by molar-refractivity contribution is -0.202. The first-order valence-corrected chi connectivity index (χ1v) is 6.76. The molecule has 0 spiro atoms. The Kier molecular flexibility index (Phi) is 4.46. The summed E-state index contributed by atoms with van der Waals surface area (Å²) in [5, 5.41) is 13.7. The summed E-state index contributed by atoms with van der Waals surface area (Å²) in [7, 11) is 1.77. The monoisotopic (exact) mass is 305 g/mol. The van der Waals surface area contributed by atoms with Gasteiger partial charge in [0.25, 0.3) is 0 Å². The van der Waals surface area contributed by atoms with Crippen molar-refractivity contribution in [2.45, 2.75) is 18.3 Å². The first-order valence-electron chi connectivity index (χ1n) is 5.88. The van der Waals surface area contributed by atoms with Gasteiger partial charge in [-0.2, -0.15) is 13.2 Å². The van der Waals surface area contributed by atoms with E-state index in [0.29, 0.717) is 5.82 Å². The maximum absolute atomic E-state index is 12.4. The summed E-state index contributed by atoms with van der Waals surface area (Å²) < 4.78 is 38.8. The van der Waals surface area contributed by atoms with Gasteiger partial charge in [-0.1, -0.05) is 6.07 Å². The topological polar surface area (TPSA) is 50.1 Å². The molecule has 0 aliphatic rings. The van der Waals surface area contributed by atoms with Crippen LogP contribution in [0.1, 0.15) is 16.7 Å². The van der Waals surface area contributed by atoms with Gasteiger partial charge in [0.1, 0.15) is 11.9 Å². The molecule has 2 aromatic heterocycles. The minimum Gasteiger partial charge on any atom is -0.382 e. The molecule has 20 heavy (non-hydrogen) atoms. The predicted molar refractivity (Wildman–Crippen MR) is 69.4 cm³/mol. The zero-order chi connectivity index (χ0) is 14.8. The number of thiophene rings is 1. The van der Waals surface area contributed by atoms with Gasteiger partial charge in [0.15, 0.2) is 6.10 Å². The zero-order valence-corrected chi connectivity index (χ0v) is 11.4. The van der Waals surface area contributed by atoms with Crippen molar-refractivity contribution in [1.29, 1.82) is 0 Å². The Bertz CT molecular complexity index is 538. The fourth-order valence-corrected chi connectivity index (χ4v) is 2.57. The highest BCUT2D eigenvalue weighted by Gasteiger charge is 2.38. The SMILES string of the molecule is Cn1ccnc1C(NCC(O)C(F)(F)F)c1cccs1. The number of aromatic nitrogens is 2. The van der Waals surface area contributed by atoms with Crippen LogP contribution in [0.2, 0.25) is 0 Å². The van der Waals surface area contributed by atoms with Crippen molar-refractivity contribution >= 4 is 11.3 Å². The van der Waals surface area contributed by atoms with E-state index in [9.17, 15) is 13.2 Å². The molecule has 2 rings (SSSR count). The molecule has 0 radical (unpaired) electrons. The minimum atomic E-state index is -4.63. The van der Waals surface area contributed by atoms with Crippen molar-refractivity contribution in [3.63, 3.8) is 0 Å². The maximum Gasteiger partial charge on any atom is 0.415 e. The summed E-state index contributed by atoms with van der Waals surface area (Å²) >= 11 is 1.42. The first kappa shape index (κ1) is 15.0. The molecule has 110 valence electrons. The highest BCUT2D eigenvalue weighted by atomic mass is 32.1. The van der Waals surface area contributed by atoms with Crippen LogP contribution in [0.25, 0.3) is 0 Å². The van der Waals surface area contributed by atoms with Crippen LogP contribution in [0.3, 0.4) is 0 Å². The van der Waals surface area contributed by atoms with E-state index in [-0.39, 0.29) is 0 Å². The number of nitrogens with one attached hydrogen (secondary N) is 1. The van der Waals surface area contributed by atoms with E-state index < -0.39 is 24.9 Å². The van der Waals surface area contributed by atoms with Crippen molar-refractivity contribution in [2.24, 2.45) is 7.05 Å². The quantitative estimate of drug-likeness (QED) is 0.889. The normalized spacial score (nSPS) is 15.2. The van der Waals surface area contributed by atoms with E-state index in [1.807, 2.05) is 17.5 Å². The number of hydrogen-bond donors (Lipinski definition) is 2. The molecular formula is C12H14F3N3OS. The summed E-state index contributed by atoms with van der Waals surface area (Å²) in [6, 6.07) is 3.15. The Morgan fingerprint density at radius 3 is 2.75 bits per heavy atom. The van der Waals surface area contributed by atoms with Crippen molar-refractivity contribution in [2.75, 3.05) is 6.54 Å². The molecule has 2 heterocycles. The third-order valence-corrected chi connectivity index (χ3v) is 3.77. The van der Waals surface area contributed by atoms with Crippen molar-refractivity contribution in [1.82, 2.24) is 14.9 Å². The minimum absolute atomic E-state index is 0.480. The van der Waals surface area contributed by atoms with Gasteiger partial charge in [0.05, 0.1) is 0 Å². The molecule has 0 saturated carbocycles. The molecule has 2 N–H and O–H groups in total. The number of hydrogen-bond acceptors (Lipinski definition) is 4. The summed E-state index contributed by atoms with van der Waals surface area (Å²) in [5.41, 5.74) is 0. The van der Waals surface area contributed by atoms with Gasteiger partial charge >= 0.3 is 6.18 Å². The highest BCUT2D eigenvalue weighted by Crippen LogP contribution is 2.26. The second kappa shape index (κ2) is 5.94. The van der Waals surface area contributed by atoms with Gasteiger partial charge < -0.3 is 15.0 Å². The van der Waals surface area contributed by atoms with Gasteiger partial charge in [0, 0.05) is 30.9 Å². The number of aryl methyl sites for hydroxylation is 1. The van der Waals surface area contributed by atoms with Crippen LogP contribution in [-0.2, 0) is 7.05 Å². The summed E-state index contributed by atoms with van der Waals surface area (Å²) in [6.45, 7) is -0.584. The Balaban J connectivity index is 2.15. The van der Waals surface area contributed by atoms with Gasteiger partial charge in [-0.25, -0.2) is 4.98 Å². The van der Waals surface area contributed by atoms with Crippen LogP contribution in [0.4, 0.5) is 13.2 Å². The zero-order valence-electron chi connectivity index (χ0n) is 10.6. The molecule has 0 aliphatic carbocycles. The average Bonchev–Trinajstić information content (AvgIpc) is 3.01. The lowest BCUT2D eigenvalue weighted by Crippen LogP contribution is -2.40. The Labute approximate surface area is 117 Å². The summed E-state index contributed by atoms with van der Waals surface area (Å²) in [4.78, 5) is 5.00. The average molecular weight is 305 g/mol. The smallest absolute Gasteiger partial charge is 0.382 e. The van der Waals surface area contributed by atoms with Crippen molar-refractivity contribution in [3.8, 4) is 0 Å². The number of aliphatic hydroxyl groups is 1. The van der Waals surface area contributed by atoms with E-state index in [0.717, 1.165) is 4.88 Å². The van der Waals surface area contributed by atoms with Gasteiger partial charge in [0.2, 0.25) is 0 Å². The van der Waals surface area contributed by atoms with E-state index in [2.05, 4.69) is 10.3 Å². The number of aliphatic hydroxyl groups excluding tert-OH is 1. The predicted octanol–water partition coefficient (Wildman–Crippen LogP) is 2.08. The molecule has 0 aliphatic heterocycles. The van der Waals surface area contributed by atoms with Crippen LogP contribution in [0.15, 0.2) is 29.9 Å². The second-order valence-corrected chi connectivity index (χ2v) is 5.29. The number of rotatable bonds is 5. The molecule has 0 fully saturated rings. The van der Waals surface area contributed by atoms with Gasteiger partial charge in [-0.15, -0.1) is 11.3 Å². The van der Waals surface area contributed by atoms with E-state index in [4.69, 9.17) is 5.11 Å². The fourth-order valence-electron chi connectivity index (χ4n) is 1.78. The largest absolute Gasteiger partial charge is 0.415 e. The van der Waals surface area contributed by atoms with Gasteiger partial charge in [-0.3, -0.25) is 0 Å². The van der Waals surface area contributed by atoms with Crippen LogP contribution >= 0.6 is 11.3 Å². The lowest BCUT2D eigenvalue weighted by atomic mass is 10.2. The summed E-state index contributed by atoms with van der Waals surface area (Å²) in [5.74, 6) is 0.599. The number of alkyl halides is 3. The lowest BCUT2D eigenvalue weighted by Gasteiger charge is -2.21. The number of nitrogens with zero attached hydrogens (tertiary/aromatic N) is 2. The van der Waals surface area contributed by atoms with Crippen LogP contribution in [-0.4, -0.2) is 33.5 Å². The molecule has 0 saturated heterocycles. The Morgan fingerprint density at radius 2 is 2.25 bits per heavy atom. The second-order valence-electron chi connectivity index (χ2n) is 4.31. The van der Waals surface area contributed by atoms with Crippen molar-refractivity contribution in [3.05, 3.63) is 40.6 Å². The van der Waals surface area contributed by atoms with Gasteiger partial charge in [-0.05, 0) is 11.4 Å². The molecular weight excluding hydrogens is 291 g/mol. The van der Waals surface area contributed by atoms with Crippen LogP contribution in [0, 0.1) is 0 Å². The molecule has 0 aromatic carbocycles. The molecule has 4 nitrogen and oxygen atoms in total. The maximum atomic E-state index is 12.4. The summed E-state index contributed by atoms with van der Waals surface area (Å²) in [6.07, 6.45) is -3.73. The third kappa shape index (κ3) is 3.38. The highest BCUT2D eigenvalue weighted by molar-refractivity contribution is 7.10. The van der Waals surface area contributed by atoms with E-state index in [1.165, 1.54) is 11.3 Å². The molecule has 8 heteroatoms. The fraction of sp³-hybridized carbons (Fsp3) is 0.417. The molecule has 0 bridgehead atoms. The third-order valence-electron chi connectivity index (χ3n) is 2.84. The molecule has 2 unspecified atom stereocenters. The molecule has 2 atom stereocenters. The van der Waals surface area contributed by atoms with E-state index in [1.54, 1.807) is 24.0 Å². The molecule has 0 amide bonds.